The number of hydrogen-bond acceptors (Lipinski definition) is 40. The number of nitrogens with zero attached hydrogens (tertiary/aromatic N) is 5. The van der Waals surface area contributed by atoms with E-state index in [2.05, 4.69) is 41.2 Å². The molecular formula is C83H138F2N10O37P8S4. The molecule has 4 atom stereocenters. The van der Waals surface area contributed by atoms with Gasteiger partial charge in [-0.25, -0.2) is 13.6 Å². The second-order valence-electron chi connectivity index (χ2n) is 33.2. The Hall–Kier alpha value is -5.07. The van der Waals surface area contributed by atoms with Crippen molar-refractivity contribution in [3.8, 4) is 11.5 Å². The fourth-order valence-corrected chi connectivity index (χ4v) is 33.9. The molecule has 2 aromatic heterocycles. The minimum Gasteiger partial charge on any atom is -0.492 e. The summed E-state index contributed by atoms with van der Waals surface area (Å²) in [5.74, 6) is -5.86. The molecule has 0 bridgehead atoms. The van der Waals surface area contributed by atoms with Crippen molar-refractivity contribution >= 4 is 183 Å². The Morgan fingerprint density at radius 2 is 0.812 bits per heavy atom. The first-order chi connectivity index (χ1) is 67.6. The maximum absolute atomic E-state index is 16.4. The summed E-state index contributed by atoms with van der Waals surface area (Å²) in [6, 6.07) is 2.06. The Morgan fingerprint density at radius 3 is 1.12 bits per heavy atom. The number of likely N-dealkylation sites (tertiary alicyclic amines) is 1. The molecule has 47 nitrogen and oxygen atoms in total. The van der Waals surface area contributed by atoms with Gasteiger partial charge in [-0.1, -0.05) is 23.5 Å². The van der Waals surface area contributed by atoms with Crippen molar-refractivity contribution < 1.29 is 172 Å². The Labute approximate surface area is 854 Å². The summed E-state index contributed by atoms with van der Waals surface area (Å²) in [7, 11) is -32.1. The number of hydrogen-bond donors (Lipinski definition) is 12. The molecule has 6 fully saturated rings. The number of ether oxygens (including phenoxy) is 3. The van der Waals surface area contributed by atoms with Crippen LogP contribution in [0.3, 0.4) is 0 Å². The van der Waals surface area contributed by atoms with Crippen molar-refractivity contribution in [1.82, 2.24) is 35.3 Å². The van der Waals surface area contributed by atoms with Gasteiger partial charge in [0.25, 0.3) is 0 Å². The third kappa shape index (κ3) is 34.0. The van der Waals surface area contributed by atoms with Gasteiger partial charge in [0.1, 0.15) is 17.0 Å². The smallest absolute Gasteiger partial charge is 0.410 e. The number of piperidine rings is 2. The van der Waals surface area contributed by atoms with Gasteiger partial charge in [-0.05, 0) is 186 Å². The number of carboxylic acid groups (broad SMARTS) is 1. The van der Waals surface area contributed by atoms with E-state index in [1.54, 1.807) is 102 Å². The predicted octanol–water partition coefficient (Wildman–Crippen LogP) is 14.0. The van der Waals surface area contributed by atoms with Crippen LogP contribution < -0.4 is 57.1 Å². The van der Waals surface area contributed by atoms with E-state index in [1.165, 1.54) is 26.6 Å². The third-order valence-electron chi connectivity index (χ3n) is 21.8. The first-order valence-electron chi connectivity index (χ1n) is 46.6. The van der Waals surface area contributed by atoms with Gasteiger partial charge in [-0.3, -0.25) is 74.9 Å². The maximum Gasteiger partial charge on any atom is 0.410 e. The van der Waals surface area contributed by atoms with Gasteiger partial charge in [-0.2, -0.15) is 25.3 Å². The summed E-state index contributed by atoms with van der Waals surface area (Å²) in [6.45, 7) is 28.3. The number of nitrogens with one attached hydrogen (secondary N) is 4. The van der Waals surface area contributed by atoms with Gasteiger partial charge in [0, 0.05) is 63.2 Å². The molecule has 10 rings (SSSR count). The molecule has 2 saturated carbocycles. The zero-order valence-corrected chi connectivity index (χ0v) is 94.0. The molecule has 0 radical (unpaired) electrons. The van der Waals surface area contributed by atoms with Crippen LogP contribution in [0, 0.1) is 23.5 Å². The molecule has 4 aromatic rings. The van der Waals surface area contributed by atoms with Crippen LogP contribution in [0.2, 0.25) is 0 Å². The number of methoxy groups -OCH3 is 2. The molecule has 4 aliphatic heterocycles. The minimum absolute atomic E-state index is 0.0444. The van der Waals surface area contributed by atoms with Crippen LogP contribution in [-0.2, 0) is 115 Å². The quantitative estimate of drug-likeness (QED) is 0.0144. The first-order valence-corrected chi connectivity index (χ1v) is 62.9. The molecule has 0 unspecified atom stereocenters. The number of thiol groups is 2. The number of amides is 4. The van der Waals surface area contributed by atoms with Crippen LogP contribution in [0.1, 0.15) is 188 Å². The fraction of sp³-hybridized carbons (Fsp3) is 0.699. The highest BCUT2D eigenvalue weighted by Crippen LogP contribution is 2.72. The molecule has 61 heteroatoms. The van der Waals surface area contributed by atoms with E-state index in [0.29, 0.717) is 73.2 Å². The van der Waals surface area contributed by atoms with Crippen molar-refractivity contribution in [2.24, 2.45) is 17.6 Å². The third-order valence-corrected chi connectivity index (χ3v) is 44.2. The number of anilines is 2. The highest BCUT2D eigenvalue weighted by Gasteiger charge is 2.56. The molecule has 0 spiro atoms. The Kier molecular flexibility index (Phi) is 51.0. The van der Waals surface area contributed by atoms with Crippen molar-refractivity contribution in [3.05, 3.63) is 67.7 Å². The summed E-state index contributed by atoms with van der Waals surface area (Å²) in [5.41, 5.74) is -3.56. The average molecular weight is 2280 g/mol. The van der Waals surface area contributed by atoms with Gasteiger partial charge in [0.05, 0.1) is 155 Å². The zero-order chi connectivity index (χ0) is 108. The van der Waals surface area contributed by atoms with Gasteiger partial charge >= 0.3 is 72.8 Å². The van der Waals surface area contributed by atoms with E-state index in [1.807, 2.05) is 30.6 Å². The van der Waals surface area contributed by atoms with Gasteiger partial charge in [0.2, 0.25) is 60.9 Å². The van der Waals surface area contributed by atoms with E-state index in [9.17, 15) is 99.2 Å². The highest BCUT2D eigenvalue weighted by atomic mass is 32.2. The Morgan fingerprint density at radius 1 is 0.486 bits per heavy atom. The summed E-state index contributed by atoms with van der Waals surface area (Å²) < 4.78 is 217. The predicted molar refractivity (Wildman–Crippen MR) is 546 cm³/mol. The van der Waals surface area contributed by atoms with Gasteiger partial charge in [0.15, 0.2) is 23.1 Å². The molecule has 6 aliphatic rings. The second kappa shape index (κ2) is 57.6. The Bertz CT molecular complexity index is 5440. The number of rotatable bonds is 49. The number of aromatic nitrogens is 2. The van der Waals surface area contributed by atoms with Crippen LogP contribution >= 0.6 is 110 Å². The molecule has 820 valence electrons. The van der Waals surface area contributed by atoms with Crippen molar-refractivity contribution in [3.63, 3.8) is 0 Å². The van der Waals surface area contributed by atoms with Crippen molar-refractivity contribution in [2.75, 3.05) is 166 Å². The minimum atomic E-state index is -5.43. The van der Waals surface area contributed by atoms with Crippen molar-refractivity contribution in [2.45, 2.75) is 207 Å². The van der Waals surface area contributed by atoms with Crippen molar-refractivity contribution in [1.29, 1.82) is 0 Å². The normalized spacial score (nSPS) is 17.5. The lowest BCUT2D eigenvalue weighted by Crippen LogP contribution is -2.50. The van der Waals surface area contributed by atoms with E-state index < -0.39 is 162 Å². The number of carbonyl (C=O) groups is 7. The largest absolute Gasteiger partial charge is 0.492 e. The number of carbonyl (C=O) groups excluding carboxylic acids is 6. The molecule has 4 amide bonds. The SMILES string of the molecule is CCOP(=O)(OCC)C(N)P(=O)(OCC)OCC.CCOP(=O)(OCC)C(NC(=O)CS)P(=O)(OCC)OCC.CCOP(=O)(OCC)C(NC(=O)CSC(=O)c1cn(C2CC2)c2c(OC)c(N3C[C@@H]4CCCN(C(=O)OC(C)(C)C)[C@@H]4C3)c(F)cc2c1=O)P(=O)(OCC)OCC.COc1c(N2C[C@@H]3CCCN[C@@H]3C2)c(F)cc2c(=O)c(C(=O)SCC(=O)NC(P(=O)(O)O)P(=O)(O)O)cn(C3CC3)c12.O=C(O)CS. The lowest BCUT2D eigenvalue weighted by Gasteiger charge is -2.37. The van der Waals surface area contributed by atoms with E-state index in [0.717, 1.165) is 70.0 Å². The topological polar surface area (TPSA) is 624 Å². The summed E-state index contributed by atoms with van der Waals surface area (Å²) in [6.07, 6.45) is 9.06. The van der Waals surface area contributed by atoms with Gasteiger partial charge < -0.3 is 144 Å². The molecule has 2 aliphatic carbocycles. The molecule has 11 N–H and O–H groups in total. The molecule has 144 heavy (non-hydrogen) atoms. The van der Waals surface area contributed by atoms with Crippen LogP contribution in [-0.4, -0.2) is 274 Å². The highest BCUT2D eigenvalue weighted by molar-refractivity contribution is 8.15. The van der Waals surface area contributed by atoms with Crippen LogP contribution in [0.15, 0.2) is 34.1 Å². The number of carboxylic acids is 1. The number of fused-ring (bicyclic) bond motifs is 4. The number of nitrogens with two attached hydrogens (primary N) is 1. The number of halogens is 2. The monoisotopic (exact) mass is 2280 g/mol. The molecule has 2 aromatic carbocycles. The fourth-order valence-electron chi connectivity index (χ4n) is 16.0. The molecular weight excluding hydrogens is 2140 g/mol. The Balaban J connectivity index is 0.000000317. The standard InChI is InChI=1S/C37H55FN4O12P2S.C24H31FN4O10P2S.C11H25NO7P2S.C9H23NO6P2.C2H4O2S/c1-9-50-55(47,51-10-2)35(56(48,52-11-3)53-12-4)39-29(43)22-57-34(45)26-20-42(24-15-16-24)30-25(32(26)44)18-27(38)31(33(30)49-8)40-19-23-14-13-17-41(28(23)21-40)36(46)54-37(5,6)7;1-39-22-19-14(7-16(25)20(22)28-8-12-3-2-6-26-17(12)10-28)21(31)15(9-29(19)13-4-5-13)23(32)42-11-18(30)27-24(40(33,34)35)41(36,37)38;1-5-16-20(14,17-6-2)11(12-10(13)9-22)21(15,18-7-3)19-8-4;1-5-13-17(11,14-6-2)9(10)18(12,15-7-3)16-8-4;3-2(4)1-5/h18,20,23-24,28,35H,9-17,19,21-22H2,1-8H3,(H,39,43);7,9,12-13,17,24,26H,2-6,8,10-11H2,1H3,(H,27,30)(H2,33,34,35)(H2,36,37,38);11,22H,5-9H2,1-4H3,(H,12,13);9H,5-8,10H2,1-4H3;5H,1H2,(H,3,4)/t23-,28+;12-,17+;;;/m00.../s1. The zero-order valence-electron chi connectivity index (χ0n) is 83.5. The maximum atomic E-state index is 16.4. The number of benzene rings is 2. The van der Waals surface area contributed by atoms with E-state index >= 15 is 8.78 Å². The number of aliphatic carboxylic acids is 1. The summed E-state index contributed by atoms with van der Waals surface area (Å²) in [4.78, 5) is 156. The second-order valence-corrected chi connectivity index (χ2v) is 53.5. The lowest BCUT2D eigenvalue weighted by molar-refractivity contribution is -0.134. The van der Waals surface area contributed by atoms with Crippen LogP contribution in [0.5, 0.6) is 11.5 Å². The average Bonchev–Trinajstić information content (AvgIpc) is 1.55. The number of thioether (sulfide) groups is 2. The van der Waals surface area contributed by atoms with Crippen LogP contribution in [0.4, 0.5) is 25.0 Å². The van der Waals surface area contributed by atoms with Crippen LogP contribution in [0.25, 0.3) is 21.8 Å². The summed E-state index contributed by atoms with van der Waals surface area (Å²) in [5, 5.41) is 15.6. The summed E-state index contributed by atoms with van der Waals surface area (Å²) >= 11 is 8.04. The molecule has 4 saturated heterocycles. The molecule has 6 heterocycles. The lowest BCUT2D eigenvalue weighted by atomic mass is 9.92. The first kappa shape index (κ1) is 128. The van der Waals surface area contributed by atoms with E-state index in [-0.39, 0.29) is 166 Å². The van der Waals surface area contributed by atoms with Gasteiger partial charge in [-0.15, -0.1) is 0 Å². The van der Waals surface area contributed by atoms with E-state index in [4.69, 9.17) is 79.3 Å². The number of pyridine rings is 2.